The molecule has 1 aromatic carbocycles. The molecule has 3 N–H and O–H groups in total. The third-order valence-corrected chi connectivity index (χ3v) is 3.17. The summed E-state index contributed by atoms with van der Waals surface area (Å²) in [4.78, 5) is 12.2. The highest BCUT2D eigenvalue weighted by molar-refractivity contribution is 6.05. The second kappa shape index (κ2) is 5.18. The maximum Gasteiger partial charge on any atom is 0.259 e. The zero-order valence-electron chi connectivity index (χ0n) is 11.4. The average Bonchev–Trinajstić information content (AvgIpc) is 2.84. The van der Waals surface area contributed by atoms with Gasteiger partial charge in [0.2, 0.25) is 0 Å². The zero-order valence-corrected chi connectivity index (χ0v) is 11.4. The van der Waals surface area contributed by atoms with Gasteiger partial charge in [0.05, 0.1) is 11.8 Å². The van der Waals surface area contributed by atoms with Gasteiger partial charge in [-0.1, -0.05) is 13.0 Å². The van der Waals surface area contributed by atoms with Crippen molar-refractivity contribution >= 4 is 17.3 Å². The Kier molecular flexibility index (Phi) is 3.60. The lowest BCUT2D eigenvalue weighted by Crippen LogP contribution is -2.14. The fourth-order valence-electron chi connectivity index (χ4n) is 2.01. The first-order valence-electron chi connectivity index (χ1n) is 6.27. The van der Waals surface area contributed by atoms with Crippen LogP contribution in [0.25, 0.3) is 0 Å². The summed E-state index contributed by atoms with van der Waals surface area (Å²) in [5.74, 6) is 0.521. The molecular weight excluding hydrogens is 240 g/mol. The predicted molar refractivity (Wildman–Crippen MR) is 76.4 cm³/mol. The zero-order chi connectivity index (χ0) is 14.0. The van der Waals surface area contributed by atoms with E-state index < -0.39 is 0 Å². The first-order chi connectivity index (χ1) is 9.02. The van der Waals surface area contributed by atoms with E-state index in [0.29, 0.717) is 23.4 Å². The highest BCUT2D eigenvalue weighted by Gasteiger charge is 2.14. The summed E-state index contributed by atoms with van der Waals surface area (Å²) in [5.41, 5.74) is 9.84. The molecule has 1 amide bonds. The Bertz CT molecular complexity index is 615. The maximum absolute atomic E-state index is 12.2. The molecule has 0 aliphatic carbocycles. The van der Waals surface area contributed by atoms with Crippen molar-refractivity contribution in [2.45, 2.75) is 27.2 Å². The molecule has 0 spiro atoms. The number of benzene rings is 1. The van der Waals surface area contributed by atoms with E-state index in [0.717, 1.165) is 16.8 Å². The number of hydrogen-bond acceptors (Lipinski definition) is 3. The van der Waals surface area contributed by atoms with Crippen LogP contribution in [0.3, 0.4) is 0 Å². The van der Waals surface area contributed by atoms with Gasteiger partial charge in [-0.15, -0.1) is 0 Å². The molecule has 0 atom stereocenters. The highest BCUT2D eigenvalue weighted by atomic mass is 16.3. The van der Waals surface area contributed by atoms with Crippen molar-refractivity contribution in [1.82, 2.24) is 0 Å². The lowest BCUT2D eigenvalue weighted by Gasteiger charge is -2.11. The van der Waals surface area contributed by atoms with Gasteiger partial charge in [-0.3, -0.25) is 4.79 Å². The molecule has 0 unspecified atom stereocenters. The fraction of sp³-hybridized carbons (Fsp3) is 0.267. The van der Waals surface area contributed by atoms with E-state index in [4.69, 9.17) is 10.2 Å². The van der Waals surface area contributed by atoms with Gasteiger partial charge in [0, 0.05) is 17.8 Å². The largest absolute Gasteiger partial charge is 0.469 e. The van der Waals surface area contributed by atoms with Crippen LogP contribution in [-0.2, 0) is 6.42 Å². The van der Waals surface area contributed by atoms with Crippen LogP contribution in [0.15, 0.2) is 28.9 Å². The van der Waals surface area contributed by atoms with E-state index in [9.17, 15) is 4.79 Å². The molecule has 0 aliphatic rings. The third-order valence-electron chi connectivity index (χ3n) is 3.17. The molecule has 2 rings (SSSR count). The number of amides is 1. The number of aryl methyl sites for hydroxylation is 3. The number of nitrogens with two attached hydrogens (primary N) is 1. The van der Waals surface area contributed by atoms with Crippen LogP contribution in [0.2, 0.25) is 0 Å². The number of nitrogens with one attached hydrogen (secondary N) is 1. The number of furan rings is 1. The van der Waals surface area contributed by atoms with Crippen molar-refractivity contribution in [2.75, 3.05) is 11.1 Å². The Hall–Kier alpha value is -2.23. The molecule has 4 nitrogen and oxygen atoms in total. The van der Waals surface area contributed by atoms with Crippen LogP contribution < -0.4 is 11.1 Å². The smallest absolute Gasteiger partial charge is 0.259 e. The number of nitrogen functional groups attached to an aromatic ring is 1. The van der Waals surface area contributed by atoms with Gasteiger partial charge in [0.25, 0.3) is 5.91 Å². The summed E-state index contributed by atoms with van der Waals surface area (Å²) in [6.45, 7) is 5.84. The first-order valence-corrected chi connectivity index (χ1v) is 6.27. The molecule has 0 bridgehead atoms. The Morgan fingerprint density at radius 2 is 2.05 bits per heavy atom. The summed E-state index contributed by atoms with van der Waals surface area (Å²) in [5, 5.41) is 2.88. The molecule has 0 saturated carbocycles. The molecule has 4 heteroatoms. The third kappa shape index (κ3) is 2.62. The van der Waals surface area contributed by atoms with Crippen molar-refractivity contribution < 1.29 is 9.21 Å². The van der Waals surface area contributed by atoms with E-state index >= 15 is 0 Å². The molecule has 0 fully saturated rings. The predicted octanol–water partition coefficient (Wildman–Crippen LogP) is 3.29. The Labute approximate surface area is 112 Å². The topological polar surface area (TPSA) is 68.3 Å². The minimum absolute atomic E-state index is 0.169. The van der Waals surface area contributed by atoms with E-state index in [1.165, 1.54) is 6.26 Å². The van der Waals surface area contributed by atoms with E-state index in [-0.39, 0.29) is 5.91 Å². The first kappa shape index (κ1) is 13.2. The lowest BCUT2D eigenvalue weighted by molar-refractivity contribution is 0.102. The molecule has 19 heavy (non-hydrogen) atoms. The van der Waals surface area contributed by atoms with Crippen molar-refractivity contribution in [1.29, 1.82) is 0 Å². The normalized spacial score (nSPS) is 10.5. The van der Waals surface area contributed by atoms with Crippen LogP contribution in [0.1, 0.15) is 34.2 Å². The monoisotopic (exact) mass is 258 g/mol. The SMILES string of the molecule is CCc1occc1C(=O)Nc1cc(N)c(C)cc1C. The average molecular weight is 258 g/mol. The van der Waals surface area contributed by atoms with Crippen LogP contribution in [0, 0.1) is 13.8 Å². The minimum atomic E-state index is -0.169. The number of rotatable bonds is 3. The van der Waals surface area contributed by atoms with Gasteiger partial charge in [0.15, 0.2) is 0 Å². The Morgan fingerprint density at radius 3 is 2.74 bits per heavy atom. The number of hydrogen-bond donors (Lipinski definition) is 2. The minimum Gasteiger partial charge on any atom is -0.469 e. The standard InChI is InChI=1S/C15H18N2O2/c1-4-14-11(5-6-19-14)15(18)17-13-8-12(16)9(2)7-10(13)3/h5-8H,4,16H2,1-3H3,(H,17,18). The van der Waals surface area contributed by atoms with Crippen LogP contribution in [0.4, 0.5) is 11.4 Å². The molecular formula is C15H18N2O2. The van der Waals surface area contributed by atoms with Gasteiger partial charge >= 0.3 is 0 Å². The summed E-state index contributed by atoms with van der Waals surface area (Å²) in [6.07, 6.45) is 2.22. The number of carbonyl (C=O) groups excluding carboxylic acids is 1. The molecule has 2 aromatic rings. The van der Waals surface area contributed by atoms with Crippen molar-refractivity contribution in [2.24, 2.45) is 0 Å². The van der Waals surface area contributed by atoms with Crippen LogP contribution in [0.5, 0.6) is 0 Å². The number of anilines is 2. The highest BCUT2D eigenvalue weighted by Crippen LogP contribution is 2.23. The van der Waals surface area contributed by atoms with Crippen molar-refractivity contribution in [3.8, 4) is 0 Å². The Balaban J connectivity index is 2.27. The van der Waals surface area contributed by atoms with E-state index in [2.05, 4.69) is 5.32 Å². The Morgan fingerprint density at radius 1 is 1.32 bits per heavy atom. The van der Waals surface area contributed by atoms with Crippen molar-refractivity contribution in [3.05, 3.63) is 46.9 Å². The van der Waals surface area contributed by atoms with Crippen LogP contribution in [-0.4, -0.2) is 5.91 Å². The summed E-state index contributed by atoms with van der Waals surface area (Å²) in [6, 6.07) is 5.43. The van der Waals surface area contributed by atoms with E-state index in [1.54, 1.807) is 12.1 Å². The summed E-state index contributed by atoms with van der Waals surface area (Å²) >= 11 is 0. The molecule has 100 valence electrons. The van der Waals surface area contributed by atoms with E-state index in [1.807, 2.05) is 26.8 Å². The van der Waals surface area contributed by atoms with Gasteiger partial charge in [-0.05, 0) is 37.1 Å². The lowest BCUT2D eigenvalue weighted by atomic mass is 10.1. The van der Waals surface area contributed by atoms with Crippen molar-refractivity contribution in [3.63, 3.8) is 0 Å². The van der Waals surface area contributed by atoms with Gasteiger partial charge in [-0.25, -0.2) is 0 Å². The molecule has 0 radical (unpaired) electrons. The summed E-state index contributed by atoms with van der Waals surface area (Å²) in [7, 11) is 0. The molecule has 1 heterocycles. The fourth-order valence-corrected chi connectivity index (χ4v) is 2.01. The molecule has 0 saturated heterocycles. The molecule has 1 aromatic heterocycles. The quantitative estimate of drug-likeness (QED) is 0.830. The van der Waals surface area contributed by atoms with Gasteiger partial charge < -0.3 is 15.5 Å². The second-order valence-corrected chi connectivity index (χ2v) is 4.59. The second-order valence-electron chi connectivity index (χ2n) is 4.59. The number of carbonyl (C=O) groups is 1. The maximum atomic E-state index is 12.2. The van der Waals surface area contributed by atoms with Gasteiger partial charge in [0.1, 0.15) is 5.76 Å². The van der Waals surface area contributed by atoms with Gasteiger partial charge in [-0.2, -0.15) is 0 Å². The molecule has 0 aliphatic heterocycles. The van der Waals surface area contributed by atoms with Crippen LogP contribution >= 0.6 is 0 Å². The summed E-state index contributed by atoms with van der Waals surface area (Å²) < 4.78 is 5.26.